The van der Waals surface area contributed by atoms with Crippen molar-refractivity contribution in [3.63, 3.8) is 0 Å². The first-order valence-corrected chi connectivity index (χ1v) is 8.32. The molecular formula is C20H19F3N2. The van der Waals surface area contributed by atoms with Crippen LogP contribution >= 0.6 is 0 Å². The number of halogens is 3. The molecule has 0 heterocycles. The fourth-order valence-electron chi connectivity index (χ4n) is 3.13. The largest absolute Gasteiger partial charge is 0.417 e. The van der Waals surface area contributed by atoms with Crippen LogP contribution in [0.4, 0.5) is 18.9 Å². The third-order valence-corrected chi connectivity index (χ3v) is 4.75. The van der Waals surface area contributed by atoms with Gasteiger partial charge in [-0.15, -0.1) is 0 Å². The van der Waals surface area contributed by atoms with Crippen LogP contribution in [0.2, 0.25) is 0 Å². The highest BCUT2D eigenvalue weighted by Crippen LogP contribution is 2.40. The van der Waals surface area contributed by atoms with Gasteiger partial charge < -0.3 is 4.90 Å². The van der Waals surface area contributed by atoms with Crippen molar-refractivity contribution in [2.45, 2.75) is 38.5 Å². The summed E-state index contributed by atoms with van der Waals surface area (Å²) in [6.07, 6.45) is -2.33. The number of alkyl halides is 3. The molecule has 2 nitrogen and oxygen atoms in total. The van der Waals surface area contributed by atoms with Gasteiger partial charge in [-0.1, -0.05) is 30.3 Å². The van der Waals surface area contributed by atoms with Gasteiger partial charge >= 0.3 is 6.18 Å². The normalized spacial score (nSPS) is 15.5. The molecule has 1 unspecified atom stereocenters. The van der Waals surface area contributed by atoms with Gasteiger partial charge in [0.05, 0.1) is 17.2 Å². The first-order chi connectivity index (χ1) is 11.9. The van der Waals surface area contributed by atoms with E-state index in [1.165, 1.54) is 6.07 Å². The van der Waals surface area contributed by atoms with Crippen LogP contribution in [-0.4, -0.2) is 6.04 Å². The number of rotatable bonds is 5. The van der Waals surface area contributed by atoms with Crippen LogP contribution < -0.4 is 4.90 Å². The van der Waals surface area contributed by atoms with E-state index in [2.05, 4.69) is 6.92 Å². The van der Waals surface area contributed by atoms with Crippen molar-refractivity contribution in [1.29, 1.82) is 5.26 Å². The molecule has 0 radical (unpaired) electrons. The molecular weight excluding hydrogens is 325 g/mol. The fraction of sp³-hybridized carbons (Fsp3) is 0.350. The summed E-state index contributed by atoms with van der Waals surface area (Å²) < 4.78 is 39.9. The van der Waals surface area contributed by atoms with Crippen molar-refractivity contribution >= 4 is 5.69 Å². The number of nitrogens with zero attached hydrogens (tertiary/aromatic N) is 2. The molecule has 1 aliphatic carbocycles. The van der Waals surface area contributed by atoms with Gasteiger partial charge in [-0.3, -0.25) is 0 Å². The van der Waals surface area contributed by atoms with Crippen molar-refractivity contribution < 1.29 is 13.2 Å². The maximum absolute atomic E-state index is 13.3. The Kier molecular flexibility index (Phi) is 4.71. The molecule has 1 atom stereocenters. The quantitative estimate of drug-likeness (QED) is 0.728. The minimum atomic E-state index is -4.54. The smallest absolute Gasteiger partial charge is 0.364 e. The maximum atomic E-state index is 13.3. The van der Waals surface area contributed by atoms with Gasteiger partial charge in [0.15, 0.2) is 0 Å². The van der Waals surface area contributed by atoms with E-state index in [9.17, 15) is 13.2 Å². The minimum absolute atomic E-state index is 0.147. The molecule has 1 aliphatic rings. The molecule has 3 rings (SSSR count). The molecule has 0 aromatic heterocycles. The average Bonchev–Trinajstić information content (AvgIpc) is 3.44. The Balaban J connectivity index is 1.99. The summed E-state index contributed by atoms with van der Waals surface area (Å²) in [5, 5.41) is 8.99. The average molecular weight is 344 g/mol. The van der Waals surface area contributed by atoms with Gasteiger partial charge in [-0.2, -0.15) is 18.4 Å². The third kappa shape index (κ3) is 3.96. The molecule has 130 valence electrons. The summed E-state index contributed by atoms with van der Waals surface area (Å²) in [7, 11) is 0. The summed E-state index contributed by atoms with van der Waals surface area (Å²) >= 11 is 0. The SMILES string of the molecule is CC(C1CC1)N(Cc1ccccc1)c1ccc(C#N)c(C(F)(F)F)c1. The first kappa shape index (κ1) is 17.3. The zero-order valence-electron chi connectivity index (χ0n) is 13.9. The Morgan fingerprint density at radius 3 is 2.40 bits per heavy atom. The highest BCUT2D eigenvalue weighted by Gasteiger charge is 2.36. The van der Waals surface area contributed by atoms with Crippen LogP contribution in [0.25, 0.3) is 0 Å². The second-order valence-corrected chi connectivity index (χ2v) is 6.53. The van der Waals surface area contributed by atoms with E-state index >= 15 is 0 Å². The molecule has 2 aromatic carbocycles. The standard InChI is InChI=1S/C20H19F3N2/c1-14(16-7-8-16)25(13-15-5-3-2-4-6-15)18-10-9-17(12-24)19(11-18)20(21,22)23/h2-6,9-11,14,16H,7-8,13H2,1H3. The molecule has 0 amide bonds. The Bertz CT molecular complexity index is 774. The molecule has 25 heavy (non-hydrogen) atoms. The number of hydrogen-bond donors (Lipinski definition) is 0. The topological polar surface area (TPSA) is 27.0 Å². The van der Waals surface area contributed by atoms with Crippen molar-refractivity contribution in [3.8, 4) is 6.07 Å². The molecule has 2 aromatic rings. The number of hydrogen-bond acceptors (Lipinski definition) is 2. The highest BCUT2D eigenvalue weighted by molar-refractivity contribution is 5.56. The summed E-state index contributed by atoms with van der Waals surface area (Å²) in [6, 6.07) is 15.5. The summed E-state index contributed by atoms with van der Waals surface area (Å²) in [4.78, 5) is 2.02. The number of nitriles is 1. The second-order valence-electron chi connectivity index (χ2n) is 6.53. The maximum Gasteiger partial charge on any atom is 0.417 e. The van der Waals surface area contributed by atoms with Crippen molar-refractivity contribution in [2.75, 3.05) is 4.90 Å². The van der Waals surface area contributed by atoms with Crippen LogP contribution in [0.3, 0.4) is 0 Å². The summed E-state index contributed by atoms with van der Waals surface area (Å²) in [5.41, 5.74) is 0.353. The van der Waals surface area contributed by atoms with E-state index < -0.39 is 11.7 Å². The predicted octanol–water partition coefficient (Wildman–Crippen LogP) is 5.38. The van der Waals surface area contributed by atoms with Gasteiger partial charge in [0.2, 0.25) is 0 Å². The van der Waals surface area contributed by atoms with E-state index in [-0.39, 0.29) is 11.6 Å². The van der Waals surface area contributed by atoms with E-state index in [1.54, 1.807) is 12.1 Å². The van der Waals surface area contributed by atoms with Crippen LogP contribution in [0, 0.1) is 17.2 Å². The van der Waals surface area contributed by atoms with Gasteiger partial charge in [0, 0.05) is 18.3 Å². The van der Waals surface area contributed by atoms with E-state index in [0.717, 1.165) is 24.5 Å². The lowest BCUT2D eigenvalue weighted by atomic mass is 10.0. The Hall–Kier alpha value is -2.48. The van der Waals surface area contributed by atoms with Crippen molar-refractivity contribution in [1.82, 2.24) is 0 Å². The van der Waals surface area contributed by atoms with Gasteiger partial charge in [0.1, 0.15) is 0 Å². The summed E-state index contributed by atoms with van der Waals surface area (Å²) in [5.74, 6) is 0.508. The first-order valence-electron chi connectivity index (χ1n) is 8.32. The third-order valence-electron chi connectivity index (χ3n) is 4.75. The highest BCUT2D eigenvalue weighted by atomic mass is 19.4. The predicted molar refractivity (Wildman–Crippen MR) is 91.0 cm³/mol. The molecule has 1 fully saturated rings. The van der Waals surface area contributed by atoms with Gasteiger partial charge in [-0.05, 0) is 49.4 Å². The molecule has 0 bridgehead atoms. The minimum Gasteiger partial charge on any atom is -0.364 e. The molecule has 0 spiro atoms. The van der Waals surface area contributed by atoms with Crippen LogP contribution in [-0.2, 0) is 12.7 Å². The van der Waals surface area contributed by atoms with Gasteiger partial charge in [0.25, 0.3) is 0 Å². The molecule has 0 aliphatic heterocycles. The lowest BCUT2D eigenvalue weighted by molar-refractivity contribution is -0.137. The lowest BCUT2D eigenvalue weighted by Crippen LogP contribution is -2.34. The molecule has 0 N–H and O–H groups in total. The monoisotopic (exact) mass is 344 g/mol. The number of anilines is 1. The van der Waals surface area contributed by atoms with E-state index in [1.807, 2.05) is 35.2 Å². The Morgan fingerprint density at radius 2 is 1.84 bits per heavy atom. The molecule has 1 saturated carbocycles. The van der Waals surface area contributed by atoms with Crippen LogP contribution in [0.1, 0.15) is 36.5 Å². The Morgan fingerprint density at radius 1 is 1.16 bits per heavy atom. The lowest BCUT2D eigenvalue weighted by Gasteiger charge is -2.32. The van der Waals surface area contributed by atoms with Crippen molar-refractivity contribution in [2.24, 2.45) is 5.92 Å². The van der Waals surface area contributed by atoms with Crippen molar-refractivity contribution in [3.05, 3.63) is 65.2 Å². The second kappa shape index (κ2) is 6.79. The van der Waals surface area contributed by atoms with E-state index in [4.69, 9.17) is 5.26 Å². The van der Waals surface area contributed by atoms with Crippen LogP contribution in [0.15, 0.2) is 48.5 Å². The fourth-order valence-corrected chi connectivity index (χ4v) is 3.13. The Labute approximate surface area is 145 Å². The number of benzene rings is 2. The van der Waals surface area contributed by atoms with Gasteiger partial charge in [-0.25, -0.2) is 0 Å². The zero-order valence-corrected chi connectivity index (χ0v) is 13.9. The molecule has 0 saturated heterocycles. The van der Waals surface area contributed by atoms with Crippen LogP contribution in [0.5, 0.6) is 0 Å². The summed E-state index contributed by atoms with van der Waals surface area (Å²) in [6.45, 7) is 2.60. The van der Waals surface area contributed by atoms with E-state index in [0.29, 0.717) is 18.2 Å². The zero-order chi connectivity index (χ0) is 18.0. The molecule has 5 heteroatoms.